The topological polar surface area (TPSA) is 153 Å². The van der Waals surface area contributed by atoms with Gasteiger partial charge in [-0.1, -0.05) is 11.8 Å². The summed E-state index contributed by atoms with van der Waals surface area (Å²) in [4.78, 5) is 13.7. The number of benzene rings is 1. The Bertz CT molecular complexity index is 1120. The van der Waals surface area contributed by atoms with E-state index in [9.17, 15) is 13.2 Å². The molecule has 3 rings (SSSR count). The van der Waals surface area contributed by atoms with Crippen LogP contribution in [0.1, 0.15) is 0 Å². The summed E-state index contributed by atoms with van der Waals surface area (Å²) >= 11 is 1.14. The molecule has 1 amide bonds. The van der Waals surface area contributed by atoms with E-state index in [0.29, 0.717) is 16.6 Å². The van der Waals surface area contributed by atoms with E-state index < -0.39 is 10.0 Å². The summed E-state index contributed by atoms with van der Waals surface area (Å²) in [6.07, 6.45) is 2.59. The number of carbonyl (C=O) groups excluding carboxylic acids is 1. The number of carbonyl (C=O) groups is 1. The minimum atomic E-state index is -3.79. The van der Waals surface area contributed by atoms with Gasteiger partial charge in [-0.25, -0.2) is 4.68 Å². The van der Waals surface area contributed by atoms with Crippen molar-refractivity contribution in [2.24, 2.45) is 4.40 Å². The van der Waals surface area contributed by atoms with Gasteiger partial charge in [-0.15, -0.1) is 14.6 Å². The van der Waals surface area contributed by atoms with Gasteiger partial charge >= 0.3 is 0 Å². The van der Waals surface area contributed by atoms with Crippen LogP contribution < -0.4 is 11.2 Å². The Kier molecular flexibility index (Phi) is 5.51. The Balaban J connectivity index is 1.60. The van der Waals surface area contributed by atoms with Crippen LogP contribution in [-0.4, -0.2) is 69.9 Å². The lowest BCUT2D eigenvalue weighted by Gasteiger charge is -2.06. The van der Waals surface area contributed by atoms with E-state index >= 15 is 0 Å². The predicted molar refractivity (Wildman–Crippen MR) is 104 cm³/mol. The van der Waals surface area contributed by atoms with Gasteiger partial charge in [-0.05, 0) is 24.3 Å². The zero-order valence-electron chi connectivity index (χ0n) is 14.9. The van der Waals surface area contributed by atoms with E-state index in [0.717, 1.165) is 11.8 Å². The van der Waals surface area contributed by atoms with Crippen LogP contribution in [0.4, 0.5) is 5.69 Å². The molecule has 12 nitrogen and oxygen atoms in total. The van der Waals surface area contributed by atoms with Crippen LogP contribution in [0.15, 0.2) is 45.0 Å². The van der Waals surface area contributed by atoms with Crippen LogP contribution >= 0.6 is 11.8 Å². The van der Waals surface area contributed by atoms with Gasteiger partial charge in [0.15, 0.2) is 0 Å². The van der Waals surface area contributed by atoms with Gasteiger partial charge in [-0.3, -0.25) is 4.79 Å². The third-order valence-electron chi connectivity index (χ3n) is 3.30. The molecule has 2 heterocycles. The fourth-order valence-corrected chi connectivity index (χ4v) is 3.62. The summed E-state index contributed by atoms with van der Waals surface area (Å²) in [5.41, 5.74) is 0.457. The molecule has 0 aliphatic carbocycles. The molecule has 3 aromatic rings. The number of sulfonamides is 1. The third-order valence-corrected chi connectivity index (χ3v) is 5.46. The SMILES string of the molecule is CN(C)/C=N/S(=O)(=O)c1ccc(NC(=O)CSc2nnc3n(N)cnn23)cc1. The second-order valence-electron chi connectivity index (χ2n) is 5.75. The molecule has 0 spiro atoms. The minimum absolute atomic E-state index is 0.0289. The Morgan fingerprint density at radius 2 is 2.04 bits per heavy atom. The van der Waals surface area contributed by atoms with Crippen molar-refractivity contribution in [1.82, 2.24) is 29.4 Å². The minimum Gasteiger partial charge on any atom is -0.368 e. The molecular formula is C14H17N9O3S2. The summed E-state index contributed by atoms with van der Waals surface area (Å²) in [6.45, 7) is 0. The third kappa shape index (κ3) is 4.40. The second-order valence-corrected chi connectivity index (χ2v) is 8.33. The van der Waals surface area contributed by atoms with E-state index in [1.54, 1.807) is 14.1 Å². The number of rotatable bonds is 7. The first-order valence-electron chi connectivity index (χ1n) is 7.80. The summed E-state index contributed by atoms with van der Waals surface area (Å²) in [5.74, 6) is 5.74. The fourth-order valence-electron chi connectivity index (χ4n) is 2.02. The Morgan fingerprint density at radius 1 is 1.32 bits per heavy atom. The lowest BCUT2D eigenvalue weighted by atomic mass is 10.3. The molecule has 0 unspecified atom stereocenters. The van der Waals surface area contributed by atoms with Crippen molar-refractivity contribution in [3.8, 4) is 0 Å². The van der Waals surface area contributed by atoms with Crippen molar-refractivity contribution >= 4 is 45.5 Å². The zero-order valence-corrected chi connectivity index (χ0v) is 16.6. The van der Waals surface area contributed by atoms with E-state index in [4.69, 9.17) is 5.84 Å². The Hall–Kier alpha value is -3.13. The van der Waals surface area contributed by atoms with Crippen LogP contribution in [0.3, 0.4) is 0 Å². The van der Waals surface area contributed by atoms with Gasteiger partial charge in [-0.2, -0.15) is 18.0 Å². The van der Waals surface area contributed by atoms with Gasteiger partial charge < -0.3 is 16.1 Å². The van der Waals surface area contributed by atoms with E-state index in [2.05, 4.69) is 25.0 Å². The number of hydrogen-bond acceptors (Lipinski definition) is 8. The van der Waals surface area contributed by atoms with Crippen molar-refractivity contribution in [3.63, 3.8) is 0 Å². The smallest absolute Gasteiger partial charge is 0.283 e. The number of thioether (sulfide) groups is 1. The maximum atomic E-state index is 12.1. The van der Waals surface area contributed by atoms with Crippen molar-refractivity contribution < 1.29 is 13.2 Å². The van der Waals surface area contributed by atoms with E-state index in [1.165, 1.54) is 51.0 Å². The van der Waals surface area contributed by atoms with Crippen molar-refractivity contribution in [2.75, 3.05) is 31.0 Å². The number of nitrogen functional groups attached to an aromatic ring is 1. The van der Waals surface area contributed by atoms with Crippen molar-refractivity contribution in [2.45, 2.75) is 10.1 Å². The standard InChI is InChI=1S/C14H17N9O3S2/c1-21(2)9-17-28(25,26)11-5-3-10(4-6-11)18-12(24)7-27-14-20-19-13-22(15)8-16-23(13)14/h3-6,8-9H,7,15H2,1-2H3,(H,18,24)/b17-9+. The molecule has 1 aromatic carbocycles. The number of amides is 1. The molecule has 0 bridgehead atoms. The largest absolute Gasteiger partial charge is 0.368 e. The number of nitrogens with one attached hydrogen (secondary N) is 1. The number of fused-ring (bicyclic) bond motifs is 1. The van der Waals surface area contributed by atoms with E-state index in [1.807, 2.05) is 0 Å². The molecule has 0 radical (unpaired) electrons. The summed E-state index contributed by atoms with van der Waals surface area (Å²) < 4.78 is 30.3. The Labute approximate surface area is 164 Å². The maximum absolute atomic E-state index is 12.1. The fraction of sp³-hybridized carbons (Fsp3) is 0.214. The first-order valence-corrected chi connectivity index (χ1v) is 10.2. The molecule has 0 fully saturated rings. The maximum Gasteiger partial charge on any atom is 0.283 e. The number of anilines is 1. The molecule has 0 saturated heterocycles. The lowest BCUT2D eigenvalue weighted by molar-refractivity contribution is -0.113. The number of nitrogens with two attached hydrogens (primary N) is 1. The highest BCUT2D eigenvalue weighted by Gasteiger charge is 2.14. The molecule has 28 heavy (non-hydrogen) atoms. The van der Waals surface area contributed by atoms with Crippen LogP contribution in [0, 0.1) is 0 Å². The van der Waals surface area contributed by atoms with E-state index in [-0.39, 0.29) is 16.6 Å². The van der Waals surface area contributed by atoms with Gasteiger partial charge in [0, 0.05) is 19.8 Å². The average molecular weight is 423 g/mol. The van der Waals surface area contributed by atoms with Crippen LogP contribution in [-0.2, 0) is 14.8 Å². The number of aromatic nitrogens is 5. The highest BCUT2D eigenvalue weighted by atomic mass is 32.2. The molecule has 0 atom stereocenters. The highest BCUT2D eigenvalue weighted by Crippen LogP contribution is 2.18. The summed E-state index contributed by atoms with van der Waals surface area (Å²) in [7, 11) is -0.448. The molecule has 148 valence electrons. The lowest BCUT2D eigenvalue weighted by Crippen LogP contribution is -2.14. The van der Waals surface area contributed by atoms with Gasteiger partial charge in [0.25, 0.3) is 15.8 Å². The predicted octanol–water partition coefficient (Wildman–Crippen LogP) is -0.351. The molecule has 0 aliphatic heterocycles. The Morgan fingerprint density at radius 3 is 2.71 bits per heavy atom. The van der Waals surface area contributed by atoms with Gasteiger partial charge in [0.05, 0.1) is 10.6 Å². The highest BCUT2D eigenvalue weighted by molar-refractivity contribution is 7.99. The first kappa shape index (κ1) is 19.6. The van der Waals surface area contributed by atoms with Gasteiger partial charge in [0.1, 0.15) is 12.7 Å². The molecule has 2 aromatic heterocycles. The number of nitrogens with zero attached hydrogens (tertiary/aromatic N) is 7. The first-order chi connectivity index (χ1) is 13.3. The quantitative estimate of drug-likeness (QED) is 0.225. The molecule has 14 heteroatoms. The summed E-state index contributed by atoms with van der Waals surface area (Å²) in [5, 5.41) is 14.9. The molecular weight excluding hydrogens is 406 g/mol. The van der Waals surface area contributed by atoms with Crippen molar-refractivity contribution in [1.29, 1.82) is 0 Å². The van der Waals surface area contributed by atoms with Crippen LogP contribution in [0.25, 0.3) is 5.78 Å². The monoisotopic (exact) mass is 423 g/mol. The average Bonchev–Trinajstić information content (AvgIpc) is 3.22. The zero-order chi connectivity index (χ0) is 20.3. The van der Waals surface area contributed by atoms with Gasteiger partial charge in [0.2, 0.25) is 11.1 Å². The normalized spacial score (nSPS) is 11.9. The summed E-state index contributed by atoms with van der Waals surface area (Å²) in [6, 6.07) is 5.74. The molecule has 3 N–H and O–H groups in total. The number of hydrogen-bond donors (Lipinski definition) is 2. The van der Waals surface area contributed by atoms with Crippen LogP contribution in [0.5, 0.6) is 0 Å². The second kappa shape index (κ2) is 7.85. The molecule has 0 aliphatic rings. The van der Waals surface area contributed by atoms with Crippen LogP contribution in [0.2, 0.25) is 0 Å². The van der Waals surface area contributed by atoms with Crippen molar-refractivity contribution in [3.05, 3.63) is 30.6 Å². The molecule has 0 saturated carbocycles.